The van der Waals surface area contributed by atoms with Gasteiger partial charge in [0.25, 0.3) is 0 Å². The van der Waals surface area contributed by atoms with Crippen LogP contribution in [0.5, 0.6) is 0 Å². The van der Waals surface area contributed by atoms with Crippen LogP contribution >= 0.6 is 34.7 Å². The molecule has 1 aromatic heterocycles. The van der Waals surface area contributed by atoms with E-state index < -0.39 is 0 Å². The quantitative estimate of drug-likeness (QED) is 0.908. The highest BCUT2D eigenvalue weighted by atomic mass is 35.5. The molecule has 0 radical (unpaired) electrons. The number of fused-ring (bicyclic) bond motifs is 1. The molecule has 1 aromatic carbocycles. The Balaban J connectivity index is 1.78. The van der Waals surface area contributed by atoms with Crippen molar-refractivity contribution in [3.63, 3.8) is 0 Å². The summed E-state index contributed by atoms with van der Waals surface area (Å²) in [7, 11) is 0. The van der Waals surface area contributed by atoms with Crippen molar-refractivity contribution in [1.82, 2.24) is 5.32 Å². The number of nitrogens with one attached hydrogen (secondary N) is 1. The highest BCUT2D eigenvalue weighted by molar-refractivity contribution is 7.99. The van der Waals surface area contributed by atoms with Crippen LogP contribution in [0, 0.1) is 0 Å². The zero-order chi connectivity index (χ0) is 11.7. The van der Waals surface area contributed by atoms with Gasteiger partial charge in [0.2, 0.25) is 0 Å². The van der Waals surface area contributed by atoms with Crippen molar-refractivity contribution in [3.05, 3.63) is 34.2 Å². The molecule has 1 aliphatic heterocycles. The molecule has 1 unspecified atom stereocenters. The van der Waals surface area contributed by atoms with Gasteiger partial charge in [-0.2, -0.15) is 11.8 Å². The van der Waals surface area contributed by atoms with E-state index in [0.717, 1.165) is 11.6 Å². The van der Waals surface area contributed by atoms with Crippen LogP contribution in [0.15, 0.2) is 24.3 Å². The molecule has 17 heavy (non-hydrogen) atoms. The van der Waals surface area contributed by atoms with Gasteiger partial charge in [0.15, 0.2) is 0 Å². The maximum atomic E-state index is 6.41. The van der Waals surface area contributed by atoms with Crippen molar-refractivity contribution in [1.29, 1.82) is 0 Å². The smallest absolute Gasteiger partial charge is 0.0636 e. The van der Waals surface area contributed by atoms with Gasteiger partial charge in [-0.25, -0.2) is 0 Å². The zero-order valence-corrected chi connectivity index (χ0v) is 11.8. The number of halogens is 1. The minimum absolute atomic E-state index is 0.668. The van der Waals surface area contributed by atoms with Crippen LogP contribution in [-0.2, 0) is 6.54 Å². The van der Waals surface area contributed by atoms with E-state index in [4.69, 9.17) is 11.6 Å². The topological polar surface area (TPSA) is 12.0 Å². The van der Waals surface area contributed by atoms with Crippen molar-refractivity contribution in [2.24, 2.45) is 0 Å². The second-order valence-corrected chi connectivity index (χ2v) is 6.94. The molecule has 0 aliphatic carbocycles. The molecule has 0 spiro atoms. The van der Waals surface area contributed by atoms with Crippen LogP contribution in [0.1, 0.15) is 11.3 Å². The Labute approximate surface area is 115 Å². The fourth-order valence-electron chi connectivity index (χ4n) is 2.11. The molecular formula is C13H14ClNS2. The maximum Gasteiger partial charge on any atom is 0.0636 e. The highest BCUT2D eigenvalue weighted by Gasteiger charge is 2.16. The molecule has 1 saturated heterocycles. The second-order valence-electron chi connectivity index (χ2n) is 4.28. The van der Waals surface area contributed by atoms with E-state index in [0.29, 0.717) is 6.04 Å². The summed E-state index contributed by atoms with van der Waals surface area (Å²) in [6.45, 7) is 0.906. The molecule has 1 nitrogen and oxygen atoms in total. The average Bonchev–Trinajstić information content (AvgIpc) is 2.96. The summed E-state index contributed by atoms with van der Waals surface area (Å²) in [6.07, 6.45) is 1.28. The van der Waals surface area contributed by atoms with E-state index in [1.807, 2.05) is 17.8 Å². The summed E-state index contributed by atoms with van der Waals surface area (Å²) in [6, 6.07) is 9.02. The first-order valence-corrected chi connectivity index (χ1v) is 8.16. The SMILES string of the molecule is Clc1c(CNC2CCSC2)sc2ccccc12. The number of thiophene rings is 1. The molecule has 0 bridgehead atoms. The largest absolute Gasteiger partial charge is 0.308 e. The van der Waals surface area contributed by atoms with Crippen LogP contribution in [0.4, 0.5) is 0 Å². The molecule has 1 fully saturated rings. The number of rotatable bonds is 3. The van der Waals surface area contributed by atoms with Crippen molar-refractivity contribution < 1.29 is 0 Å². The van der Waals surface area contributed by atoms with E-state index >= 15 is 0 Å². The van der Waals surface area contributed by atoms with Gasteiger partial charge in [0.1, 0.15) is 0 Å². The van der Waals surface area contributed by atoms with Gasteiger partial charge in [-0.3, -0.25) is 0 Å². The van der Waals surface area contributed by atoms with E-state index in [-0.39, 0.29) is 0 Å². The zero-order valence-electron chi connectivity index (χ0n) is 9.41. The van der Waals surface area contributed by atoms with Crippen LogP contribution in [0.25, 0.3) is 10.1 Å². The third-order valence-corrected chi connectivity index (χ3v) is 5.96. The lowest BCUT2D eigenvalue weighted by Crippen LogP contribution is -2.27. The first-order valence-electron chi connectivity index (χ1n) is 5.81. The summed E-state index contributed by atoms with van der Waals surface area (Å²) in [5.74, 6) is 2.53. The number of thioether (sulfide) groups is 1. The number of hydrogen-bond donors (Lipinski definition) is 1. The van der Waals surface area contributed by atoms with Crippen LogP contribution in [-0.4, -0.2) is 17.5 Å². The summed E-state index contributed by atoms with van der Waals surface area (Å²) >= 11 is 10.2. The molecule has 0 saturated carbocycles. The van der Waals surface area contributed by atoms with Gasteiger partial charge in [0.05, 0.1) is 5.02 Å². The Morgan fingerprint density at radius 1 is 1.35 bits per heavy atom. The lowest BCUT2D eigenvalue weighted by Gasteiger charge is -2.09. The molecule has 0 amide bonds. The molecule has 3 rings (SSSR count). The first kappa shape index (κ1) is 11.8. The minimum atomic E-state index is 0.668. The standard InChI is InChI=1S/C13H14ClNS2/c14-13-10-3-1-2-4-11(10)17-12(13)7-15-9-5-6-16-8-9/h1-4,9,15H,5-8H2. The summed E-state index contributed by atoms with van der Waals surface area (Å²) in [5.41, 5.74) is 0. The predicted octanol–water partition coefficient (Wildman–Crippen LogP) is 4.15. The van der Waals surface area contributed by atoms with Crippen LogP contribution < -0.4 is 5.32 Å². The van der Waals surface area contributed by atoms with Gasteiger partial charge in [0, 0.05) is 33.3 Å². The lowest BCUT2D eigenvalue weighted by atomic mass is 10.2. The fourth-order valence-corrected chi connectivity index (χ4v) is 4.75. The maximum absolute atomic E-state index is 6.41. The lowest BCUT2D eigenvalue weighted by molar-refractivity contribution is 0.561. The van der Waals surface area contributed by atoms with E-state index in [2.05, 4.69) is 23.5 Å². The Morgan fingerprint density at radius 2 is 2.24 bits per heavy atom. The van der Waals surface area contributed by atoms with Crippen molar-refractivity contribution in [3.8, 4) is 0 Å². The van der Waals surface area contributed by atoms with Gasteiger partial charge >= 0.3 is 0 Å². The molecule has 4 heteroatoms. The van der Waals surface area contributed by atoms with Gasteiger partial charge in [-0.1, -0.05) is 29.8 Å². The predicted molar refractivity (Wildman–Crippen MR) is 79.4 cm³/mol. The Morgan fingerprint density at radius 3 is 3.00 bits per heavy atom. The molecule has 1 aliphatic rings. The van der Waals surface area contributed by atoms with Crippen LogP contribution in [0.3, 0.4) is 0 Å². The Hall–Kier alpha value is -0.220. The molecule has 2 aromatic rings. The van der Waals surface area contributed by atoms with Crippen molar-refractivity contribution >= 4 is 44.8 Å². The summed E-state index contributed by atoms with van der Waals surface area (Å²) < 4.78 is 1.29. The summed E-state index contributed by atoms with van der Waals surface area (Å²) in [5, 5.41) is 5.73. The second kappa shape index (κ2) is 5.19. The monoisotopic (exact) mass is 283 g/mol. The minimum Gasteiger partial charge on any atom is -0.308 e. The molecule has 1 N–H and O–H groups in total. The Bertz CT molecular complexity index is 517. The molecular weight excluding hydrogens is 270 g/mol. The van der Waals surface area contributed by atoms with Gasteiger partial charge in [-0.05, 0) is 18.2 Å². The van der Waals surface area contributed by atoms with Gasteiger partial charge < -0.3 is 5.32 Å². The third-order valence-electron chi connectivity index (χ3n) is 3.08. The van der Waals surface area contributed by atoms with E-state index in [1.54, 1.807) is 11.3 Å². The number of benzene rings is 1. The molecule has 1 atom stereocenters. The average molecular weight is 284 g/mol. The van der Waals surface area contributed by atoms with E-state index in [1.165, 1.54) is 32.9 Å². The van der Waals surface area contributed by atoms with Crippen molar-refractivity contribution in [2.75, 3.05) is 11.5 Å². The molecule has 90 valence electrons. The van der Waals surface area contributed by atoms with Crippen LogP contribution in [0.2, 0.25) is 5.02 Å². The molecule has 2 heterocycles. The fraction of sp³-hybridized carbons (Fsp3) is 0.385. The van der Waals surface area contributed by atoms with E-state index in [9.17, 15) is 0 Å². The third kappa shape index (κ3) is 2.48. The summed E-state index contributed by atoms with van der Waals surface area (Å²) in [4.78, 5) is 1.27. The van der Waals surface area contributed by atoms with Crippen molar-refractivity contribution in [2.45, 2.75) is 19.0 Å². The first-order chi connectivity index (χ1) is 8.34. The van der Waals surface area contributed by atoms with Gasteiger partial charge in [-0.15, -0.1) is 11.3 Å². The Kier molecular flexibility index (Phi) is 3.61. The highest BCUT2D eigenvalue weighted by Crippen LogP contribution is 2.35. The normalized spacial score (nSPS) is 20.2. The number of hydrogen-bond acceptors (Lipinski definition) is 3.